The van der Waals surface area contributed by atoms with Gasteiger partial charge in [-0.1, -0.05) is 12.1 Å². The summed E-state index contributed by atoms with van der Waals surface area (Å²) in [5.74, 6) is -1.10. The van der Waals surface area contributed by atoms with Crippen LogP contribution in [0.1, 0.15) is 5.56 Å². The van der Waals surface area contributed by atoms with Crippen molar-refractivity contribution < 1.29 is 23.4 Å². The van der Waals surface area contributed by atoms with Gasteiger partial charge in [0.15, 0.2) is 9.84 Å². The van der Waals surface area contributed by atoms with Crippen LogP contribution in [0, 0.1) is 0 Å². The molecule has 1 atom stereocenters. The fourth-order valence-electron chi connectivity index (χ4n) is 1.50. The molecule has 100 valence electrons. The van der Waals surface area contributed by atoms with Crippen molar-refractivity contribution in [2.24, 2.45) is 0 Å². The monoisotopic (exact) mass is 273 g/mol. The van der Waals surface area contributed by atoms with Crippen LogP contribution in [0.25, 0.3) is 0 Å². The Morgan fingerprint density at radius 1 is 1.44 bits per heavy atom. The van der Waals surface area contributed by atoms with Gasteiger partial charge in [0.1, 0.15) is 6.04 Å². The van der Waals surface area contributed by atoms with Crippen molar-refractivity contribution in [2.45, 2.75) is 17.4 Å². The Morgan fingerprint density at radius 3 is 2.61 bits per heavy atom. The standard InChI is InChI=1S/C11H15NO5S/c1-18(16,17)9-4-2-3-8(5-9)6-10(11(14)15)12-7-13/h2-5,10,12-13H,6-7H2,1H3,(H,14,15)/t10-/m0/s1. The maximum Gasteiger partial charge on any atom is 0.321 e. The van der Waals surface area contributed by atoms with Gasteiger partial charge in [-0.25, -0.2) is 8.42 Å². The molecular formula is C11H15NO5S. The number of nitrogens with one attached hydrogen (secondary N) is 1. The summed E-state index contributed by atoms with van der Waals surface area (Å²) in [7, 11) is -3.31. The van der Waals surface area contributed by atoms with Crippen LogP contribution in [-0.4, -0.2) is 43.6 Å². The summed E-state index contributed by atoms with van der Waals surface area (Å²) < 4.78 is 22.7. The van der Waals surface area contributed by atoms with Crippen LogP contribution in [0.4, 0.5) is 0 Å². The highest BCUT2D eigenvalue weighted by atomic mass is 32.2. The Hall–Kier alpha value is -1.44. The molecule has 0 fully saturated rings. The zero-order valence-electron chi connectivity index (χ0n) is 9.83. The van der Waals surface area contributed by atoms with E-state index in [-0.39, 0.29) is 11.3 Å². The molecule has 0 saturated carbocycles. The lowest BCUT2D eigenvalue weighted by molar-refractivity contribution is -0.139. The first-order valence-electron chi connectivity index (χ1n) is 5.20. The molecule has 1 aromatic carbocycles. The first-order chi connectivity index (χ1) is 8.34. The molecule has 0 aromatic heterocycles. The Bertz CT molecular complexity index is 526. The summed E-state index contributed by atoms with van der Waals surface area (Å²) in [6.45, 7) is -0.456. The van der Waals surface area contributed by atoms with Gasteiger partial charge >= 0.3 is 5.97 Å². The number of hydrogen-bond acceptors (Lipinski definition) is 5. The van der Waals surface area contributed by atoms with E-state index in [2.05, 4.69) is 5.32 Å². The second-order valence-corrected chi connectivity index (χ2v) is 5.89. The molecule has 7 heteroatoms. The van der Waals surface area contributed by atoms with Gasteiger partial charge in [-0.2, -0.15) is 0 Å². The lowest BCUT2D eigenvalue weighted by Gasteiger charge is -2.13. The number of sulfone groups is 1. The minimum absolute atomic E-state index is 0.0965. The first-order valence-corrected chi connectivity index (χ1v) is 7.10. The molecule has 0 heterocycles. The largest absolute Gasteiger partial charge is 0.480 e. The molecule has 6 nitrogen and oxygen atoms in total. The highest BCUT2D eigenvalue weighted by Gasteiger charge is 2.17. The third-order valence-electron chi connectivity index (χ3n) is 2.40. The molecule has 0 aliphatic carbocycles. The third kappa shape index (κ3) is 4.10. The molecule has 0 saturated heterocycles. The van der Waals surface area contributed by atoms with Crippen LogP contribution in [0.5, 0.6) is 0 Å². The minimum atomic E-state index is -3.31. The predicted octanol–water partition coefficient (Wildman–Crippen LogP) is -0.375. The summed E-state index contributed by atoms with van der Waals surface area (Å²) in [4.78, 5) is 11.0. The normalized spacial score (nSPS) is 13.2. The maximum atomic E-state index is 11.4. The summed E-state index contributed by atoms with van der Waals surface area (Å²) in [6, 6.07) is 5.14. The van der Waals surface area contributed by atoms with Gasteiger partial charge in [0.2, 0.25) is 0 Å². The average Bonchev–Trinajstić information content (AvgIpc) is 2.27. The van der Waals surface area contributed by atoms with E-state index in [0.29, 0.717) is 5.56 Å². The lowest BCUT2D eigenvalue weighted by Crippen LogP contribution is -2.39. The number of carbonyl (C=O) groups is 1. The van der Waals surface area contributed by atoms with Crippen LogP contribution in [0.3, 0.4) is 0 Å². The fraction of sp³-hybridized carbons (Fsp3) is 0.364. The molecule has 0 spiro atoms. The van der Waals surface area contributed by atoms with E-state index in [9.17, 15) is 13.2 Å². The van der Waals surface area contributed by atoms with Crippen molar-refractivity contribution in [2.75, 3.05) is 13.0 Å². The zero-order valence-corrected chi connectivity index (χ0v) is 10.6. The Morgan fingerprint density at radius 2 is 2.11 bits per heavy atom. The molecule has 0 aliphatic rings. The molecule has 1 rings (SSSR count). The molecule has 0 amide bonds. The molecule has 0 aliphatic heterocycles. The number of benzene rings is 1. The topological polar surface area (TPSA) is 104 Å². The lowest BCUT2D eigenvalue weighted by atomic mass is 10.1. The summed E-state index contributed by atoms with van der Waals surface area (Å²) in [5.41, 5.74) is 0.575. The average molecular weight is 273 g/mol. The maximum absolute atomic E-state index is 11.4. The smallest absolute Gasteiger partial charge is 0.321 e. The second kappa shape index (κ2) is 5.94. The van der Waals surface area contributed by atoms with Crippen molar-refractivity contribution >= 4 is 15.8 Å². The fourth-order valence-corrected chi connectivity index (χ4v) is 2.19. The van der Waals surface area contributed by atoms with E-state index in [1.807, 2.05) is 0 Å². The van der Waals surface area contributed by atoms with E-state index < -0.39 is 28.6 Å². The van der Waals surface area contributed by atoms with Crippen molar-refractivity contribution in [3.63, 3.8) is 0 Å². The number of aliphatic hydroxyl groups excluding tert-OH is 1. The van der Waals surface area contributed by atoms with Gasteiger partial charge in [-0.05, 0) is 24.1 Å². The quantitative estimate of drug-likeness (QED) is 0.611. The van der Waals surface area contributed by atoms with Gasteiger partial charge in [0.25, 0.3) is 0 Å². The molecule has 18 heavy (non-hydrogen) atoms. The van der Waals surface area contributed by atoms with Crippen molar-refractivity contribution in [3.8, 4) is 0 Å². The number of rotatable bonds is 6. The Balaban J connectivity index is 2.94. The zero-order chi connectivity index (χ0) is 13.8. The molecule has 0 radical (unpaired) electrons. The molecule has 3 N–H and O–H groups in total. The number of hydrogen-bond donors (Lipinski definition) is 3. The van der Waals surface area contributed by atoms with Gasteiger partial charge < -0.3 is 10.2 Å². The summed E-state index contributed by atoms with van der Waals surface area (Å²) in [6.07, 6.45) is 1.19. The van der Waals surface area contributed by atoms with Crippen molar-refractivity contribution in [3.05, 3.63) is 29.8 Å². The molecule has 0 bridgehead atoms. The van der Waals surface area contributed by atoms with E-state index in [0.717, 1.165) is 6.26 Å². The number of aliphatic carboxylic acids is 1. The Labute approximate surface area is 105 Å². The van der Waals surface area contributed by atoms with Gasteiger partial charge in [0, 0.05) is 6.26 Å². The van der Waals surface area contributed by atoms with Gasteiger partial charge in [-0.15, -0.1) is 0 Å². The summed E-state index contributed by atoms with van der Waals surface area (Å²) >= 11 is 0. The Kier molecular flexibility index (Phi) is 4.83. The van der Waals surface area contributed by atoms with Gasteiger partial charge in [0.05, 0.1) is 11.6 Å². The van der Waals surface area contributed by atoms with Crippen LogP contribution in [0.2, 0.25) is 0 Å². The second-order valence-electron chi connectivity index (χ2n) is 3.88. The molecule has 1 aromatic rings. The van der Waals surface area contributed by atoms with Crippen molar-refractivity contribution in [1.82, 2.24) is 5.32 Å². The predicted molar refractivity (Wildman–Crippen MR) is 64.9 cm³/mol. The molecule has 0 unspecified atom stereocenters. The van der Waals surface area contributed by atoms with Crippen LogP contribution in [0.15, 0.2) is 29.2 Å². The number of aliphatic hydroxyl groups is 1. The van der Waals surface area contributed by atoms with Crippen LogP contribution >= 0.6 is 0 Å². The summed E-state index contributed by atoms with van der Waals surface area (Å²) in [5, 5.41) is 20.0. The highest BCUT2D eigenvalue weighted by molar-refractivity contribution is 7.90. The highest BCUT2D eigenvalue weighted by Crippen LogP contribution is 2.13. The minimum Gasteiger partial charge on any atom is -0.480 e. The number of carboxylic acid groups (broad SMARTS) is 1. The van der Waals surface area contributed by atoms with Crippen LogP contribution in [-0.2, 0) is 21.1 Å². The molecular weight excluding hydrogens is 258 g/mol. The third-order valence-corrected chi connectivity index (χ3v) is 3.51. The van der Waals surface area contributed by atoms with E-state index in [4.69, 9.17) is 10.2 Å². The number of carboxylic acids is 1. The van der Waals surface area contributed by atoms with Crippen molar-refractivity contribution in [1.29, 1.82) is 0 Å². The van der Waals surface area contributed by atoms with Gasteiger partial charge in [-0.3, -0.25) is 10.1 Å². The van der Waals surface area contributed by atoms with Crippen LogP contribution < -0.4 is 5.32 Å². The van der Waals surface area contributed by atoms with E-state index in [1.165, 1.54) is 12.1 Å². The van der Waals surface area contributed by atoms with E-state index >= 15 is 0 Å². The SMILES string of the molecule is CS(=O)(=O)c1cccc(C[C@H](NCO)C(=O)O)c1. The first kappa shape index (κ1) is 14.6. The van der Waals surface area contributed by atoms with E-state index in [1.54, 1.807) is 12.1 Å².